The molecule has 236 valence electrons. The van der Waals surface area contributed by atoms with Gasteiger partial charge in [0, 0.05) is 42.9 Å². The van der Waals surface area contributed by atoms with Crippen LogP contribution in [0, 0.1) is 5.82 Å². The molecule has 1 aliphatic carbocycles. The number of likely N-dealkylation sites (tertiary alicyclic amines) is 1. The number of hydrogen-bond acceptors (Lipinski definition) is 9. The number of hydrogen-bond donors (Lipinski definition) is 1. The van der Waals surface area contributed by atoms with Crippen molar-refractivity contribution >= 4 is 22.8 Å². The van der Waals surface area contributed by atoms with E-state index in [1.165, 1.54) is 18.3 Å². The lowest BCUT2D eigenvalue weighted by atomic mass is 10.0. The van der Waals surface area contributed by atoms with Crippen LogP contribution < -0.4 is 14.8 Å². The lowest BCUT2D eigenvalue weighted by Crippen LogP contribution is -2.39. The standard InChI is InChI=1S/C31H29F4N5O5/c1-42-25-12-23-22(11-26(25)43-7-6-40-15-20-10-19(40)16-44-20)36-14-24(37-23)18-3-2-17(21(32)8-18)9-29(41)38-28-13-27(45-39-28)30(4-5-30)31(33,34)35/h2-3,8,11-14,19-20H,4-7,9-10,15-16H2,1H3,(H,38,39,41). The molecule has 2 aliphatic heterocycles. The molecular formula is C31H29F4N5O5. The van der Waals surface area contributed by atoms with E-state index in [0.717, 1.165) is 32.2 Å². The summed E-state index contributed by atoms with van der Waals surface area (Å²) in [4.78, 5) is 24.0. The van der Waals surface area contributed by atoms with Gasteiger partial charge in [0.2, 0.25) is 5.91 Å². The van der Waals surface area contributed by atoms with Crippen LogP contribution >= 0.6 is 0 Å². The smallest absolute Gasteiger partial charge is 0.401 e. The highest BCUT2D eigenvalue weighted by Crippen LogP contribution is 2.59. The number of rotatable bonds is 10. The van der Waals surface area contributed by atoms with Crippen LogP contribution in [-0.4, -0.2) is 77.7 Å². The maximum atomic E-state index is 15.1. The topological polar surface area (TPSA) is 112 Å². The van der Waals surface area contributed by atoms with Gasteiger partial charge in [0.15, 0.2) is 23.1 Å². The monoisotopic (exact) mass is 627 g/mol. The summed E-state index contributed by atoms with van der Waals surface area (Å²) in [5.74, 6) is -0.771. The van der Waals surface area contributed by atoms with E-state index < -0.39 is 23.3 Å². The molecule has 14 heteroatoms. The van der Waals surface area contributed by atoms with Crippen molar-refractivity contribution in [2.75, 3.05) is 38.7 Å². The molecule has 45 heavy (non-hydrogen) atoms. The summed E-state index contributed by atoms with van der Waals surface area (Å²) in [5.41, 5.74) is -0.0112. The van der Waals surface area contributed by atoms with E-state index in [4.69, 9.17) is 18.7 Å². The first-order chi connectivity index (χ1) is 21.6. The summed E-state index contributed by atoms with van der Waals surface area (Å²) in [5, 5.41) is 5.91. The molecular weight excluding hydrogens is 598 g/mol. The van der Waals surface area contributed by atoms with Gasteiger partial charge in [-0.2, -0.15) is 13.2 Å². The zero-order valence-electron chi connectivity index (χ0n) is 24.2. The van der Waals surface area contributed by atoms with Gasteiger partial charge in [-0.05, 0) is 30.9 Å². The van der Waals surface area contributed by atoms with Crippen molar-refractivity contribution in [2.45, 2.75) is 49.4 Å². The number of amides is 1. The Hall–Kier alpha value is -4.30. The van der Waals surface area contributed by atoms with E-state index in [2.05, 4.69) is 25.3 Å². The van der Waals surface area contributed by atoms with Crippen LogP contribution in [0.2, 0.25) is 0 Å². The SMILES string of the molecule is COc1cc2nc(-c3ccc(CC(=O)Nc4cc(C5(C(F)(F)F)CC5)on4)c(F)c3)cnc2cc1OCCN1CC2CC1CO2. The van der Waals surface area contributed by atoms with Gasteiger partial charge in [0.1, 0.15) is 17.8 Å². The lowest BCUT2D eigenvalue weighted by molar-refractivity contribution is -0.165. The van der Waals surface area contributed by atoms with Crippen LogP contribution in [-0.2, 0) is 21.4 Å². The molecule has 10 nitrogen and oxygen atoms in total. The third kappa shape index (κ3) is 5.68. The summed E-state index contributed by atoms with van der Waals surface area (Å²) >= 11 is 0. The molecule has 1 N–H and O–H groups in total. The van der Waals surface area contributed by atoms with E-state index in [-0.39, 0.29) is 36.4 Å². The summed E-state index contributed by atoms with van der Waals surface area (Å²) < 4.78 is 77.2. The molecule has 7 rings (SSSR count). The minimum Gasteiger partial charge on any atom is -0.493 e. The number of carbonyl (C=O) groups is 1. The van der Waals surface area contributed by atoms with Crippen molar-refractivity contribution in [1.82, 2.24) is 20.0 Å². The fraction of sp³-hybridized carbons (Fsp3) is 0.419. The van der Waals surface area contributed by atoms with Gasteiger partial charge in [0.05, 0.1) is 49.2 Å². The predicted octanol–water partition coefficient (Wildman–Crippen LogP) is 5.06. The van der Waals surface area contributed by atoms with Crippen LogP contribution in [0.25, 0.3) is 22.3 Å². The number of ether oxygens (including phenoxy) is 3. The number of aromatic nitrogens is 3. The number of carbonyl (C=O) groups excluding carboxylic acids is 1. The Bertz CT molecular complexity index is 1760. The van der Waals surface area contributed by atoms with Crippen LogP contribution in [0.1, 0.15) is 30.6 Å². The highest BCUT2D eigenvalue weighted by Gasteiger charge is 2.67. The van der Waals surface area contributed by atoms with E-state index >= 15 is 4.39 Å². The molecule has 1 saturated carbocycles. The zero-order valence-corrected chi connectivity index (χ0v) is 24.2. The fourth-order valence-corrected chi connectivity index (χ4v) is 6.02. The number of benzene rings is 2. The Labute approximate surface area is 254 Å². The van der Waals surface area contributed by atoms with E-state index in [1.54, 1.807) is 25.3 Å². The normalized spacial score (nSPS) is 20.5. The number of halogens is 4. The summed E-state index contributed by atoms with van der Waals surface area (Å²) in [6.07, 6.45) is -2.12. The summed E-state index contributed by atoms with van der Waals surface area (Å²) in [6, 6.07) is 9.30. The molecule has 4 heterocycles. The summed E-state index contributed by atoms with van der Waals surface area (Å²) in [6.45, 7) is 2.96. The molecule has 1 amide bonds. The minimum absolute atomic E-state index is 0.0837. The quantitative estimate of drug-likeness (QED) is 0.241. The third-order valence-corrected chi connectivity index (χ3v) is 8.72. The van der Waals surface area contributed by atoms with E-state index in [1.807, 2.05) is 0 Å². The molecule has 2 unspecified atom stereocenters. The van der Waals surface area contributed by atoms with Gasteiger partial charge < -0.3 is 24.1 Å². The maximum Gasteiger partial charge on any atom is 0.401 e. The Morgan fingerprint density at radius 1 is 1.16 bits per heavy atom. The molecule has 0 radical (unpaired) electrons. The molecule has 2 aromatic heterocycles. The van der Waals surface area contributed by atoms with E-state index in [0.29, 0.717) is 52.5 Å². The number of anilines is 1. The van der Waals surface area contributed by atoms with Crippen LogP contribution in [0.15, 0.2) is 47.1 Å². The van der Waals surface area contributed by atoms with Crippen molar-refractivity contribution in [2.24, 2.45) is 0 Å². The number of nitrogens with zero attached hydrogens (tertiary/aromatic N) is 4. The van der Waals surface area contributed by atoms with Gasteiger partial charge in [0.25, 0.3) is 0 Å². The molecule has 2 bridgehead atoms. The van der Waals surface area contributed by atoms with Crippen molar-refractivity contribution < 1.29 is 41.1 Å². The van der Waals surface area contributed by atoms with Crippen LogP contribution in [0.4, 0.5) is 23.4 Å². The van der Waals surface area contributed by atoms with Gasteiger partial charge in [-0.15, -0.1) is 0 Å². The van der Waals surface area contributed by atoms with Crippen molar-refractivity contribution in [1.29, 1.82) is 0 Å². The molecule has 2 aromatic carbocycles. The average molecular weight is 628 g/mol. The molecule has 3 fully saturated rings. The number of alkyl halides is 3. The lowest BCUT2D eigenvalue weighted by Gasteiger charge is -2.26. The second kappa shape index (κ2) is 11.2. The Morgan fingerprint density at radius 2 is 1.98 bits per heavy atom. The number of methoxy groups -OCH3 is 1. The first-order valence-electron chi connectivity index (χ1n) is 14.6. The minimum atomic E-state index is -4.47. The Kier molecular flexibility index (Phi) is 7.35. The Morgan fingerprint density at radius 3 is 2.67 bits per heavy atom. The second-order valence-corrected chi connectivity index (χ2v) is 11.6. The van der Waals surface area contributed by atoms with Crippen molar-refractivity contribution in [3.8, 4) is 22.8 Å². The molecule has 3 aliphatic rings. The molecule has 4 aromatic rings. The second-order valence-electron chi connectivity index (χ2n) is 11.6. The first-order valence-corrected chi connectivity index (χ1v) is 14.6. The molecule has 0 spiro atoms. The number of nitrogens with one attached hydrogen (secondary N) is 1. The Balaban J connectivity index is 1.00. The van der Waals surface area contributed by atoms with Gasteiger partial charge in [-0.3, -0.25) is 14.7 Å². The molecule has 2 atom stereocenters. The van der Waals surface area contributed by atoms with Gasteiger partial charge in [-0.25, -0.2) is 9.37 Å². The zero-order chi connectivity index (χ0) is 31.3. The van der Waals surface area contributed by atoms with Crippen molar-refractivity contribution in [3.63, 3.8) is 0 Å². The van der Waals surface area contributed by atoms with E-state index in [9.17, 15) is 18.0 Å². The fourth-order valence-electron chi connectivity index (χ4n) is 6.02. The highest BCUT2D eigenvalue weighted by atomic mass is 19.4. The maximum absolute atomic E-state index is 15.1. The third-order valence-electron chi connectivity index (χ3n) is 8.72. The van der Waals surface area contributed by atoms with Gasteiger partial charge >= 0.3 is 6.18 Å². The number of fused-ring (bicyclic) bond motifs is 3. The van der Waals surface area contributed by atoms with Crippen molar-refractivity contribution in [3.05, 3.63) is 59.7 Å². The summed E-state index contributed by atoms with van der Waals surface area (Å²) in [7, 11) is 1.54. The average Bonchev–Trinajstić information content (AvgIpc) is 3.30. The van der Waals surface area contributed by atoms with Crippen LogP contribution in [0.3, 0.4) is 0 Å². The number of morpholine rings is 1. The predicted molar refractivity (Wildman–Crippen MR) is 153 cm³/mol. The first kappa shape index (κ1) is 29.4. The molecule has 2 saturated heterocycles. The highest BCUT2D eigenvalue weighted by molar-refractivity contribution is 5.91. The van der Waals surface area contributed by atoms with Crippen LogP contribution in [0.5, 0.6) is 11.5 Å². The largest absolute Gasteiger partial charge is 0.493 e. The van der Waals surface area contributed by atoms with Gasteiger partial charge in [-0.1, -0.05) is 17.3 Å².